The number of halogens is 2. The van der Waals surface area contributed by atoms with E-state index in [-0.39, 0.29) is 17.4 Å². The number of nitrogens with one attached hydrogen (secondary N) is 2. The fourth-order valence-corrected chi connectivity index (χ4v) is 4.38. The molecule has 31 heavy (non-hydrogen) atoms. The summed E-state index contributed by atoms with van der Waals surface area (Å²) < 4.78 is 41.3. The van der Waals surface area contributed by atoms with Crippen molar-refractivity contribution in [2.45, 2.75) is 30.3 Å². The summed E-state index contributed by atoms with van der Waals surface area (Å²) in [6.07, 6.45) is 0.153. The van der Waals surface area contributed by atoms with Gasteiger partial charge in [-0.2, -0.15) is 4.72 Å². The number of hydrogen-bond donors (Lipinski definition) is 2. The first kappa shape index (κ1) is 22.9. The fraction of sp³-hybridized carbons (Fsp3) is 0.174. The molecule has 8 heteroatoms. The van der Waals surface area contributed by atoms with Gasteiger partial charge < -0.3 is 5.32 Å². The Balaban J connectivity index is 1.82. The molecule has 0 bridgehead atoms. The molecule has 0 saturated carbocycles. The van der Waals surface area contributed by atoms with Gasteiger partial charge in [-0.1, -0.05) is 54.1 Å². The van der Waals surface area contributed by atoms with E-state index in [4.69, 9.17) is 11.6 Å². The van der Waals surface area contributed by atoms with Crippen LogP contribution < -0.4 is 10.0 Å². The Morgan fingerprint density at radius 1 is 0.968 bits per heavy atom. The molecule has 1 amide bonds. The smallest absolute Gasteiger partial charge is 0.241 e. The van der Waals surface area contributed by atoms with E-state index in [1.165, 1.54) is 0 Å². The quantitative estimate of drug-likeness (QED) is 0.527. The highest BCUT2D eigenvalue weighted by molar-refractivity contribution is 7.89. The monoisotopic (exact) mass is 460 g/mol. The van der Waals surface area contributed by atoms with Crippen LogP contribution in [-0.2, 0) is 21.2 Å². The fourth-order valence-electron chi connectivity index (χ4n) is 3.06. The van der Waals surface area contributed by atoms with E-state index in [9.17, 15) is 17.6 Å². The van der Waals surface area contributed by atoms with Gasteiger partial charge in [0.15, 0.2) is 0 Å². The van der Waals surface area contributed by atoms with Crippen molar-refractivity contribution in [3.05, 3.63) is 101 Å². The molecule has 0 heterocycles. The Kier molecular flexibility index (Phi) is 7.43. The van der Waals surface area contributed by atoms with Gasteiger partial charge in [0, 0.05) is 5.02 Å². The van der Waals surface area contributed by atoms with Gasteiger partial charge in [-0.05, 0) is 60.9 Å². The second-order valence-corrected chi connectivity index (χ2v) is 9.25. The standard InChI is InChI=1S/C23H22ClFN2O3S/c1-16(18-7-9-19(24)10-8-18)26-23(28)22(15-17-5-3-2-4-6-17)27-31(29,30)21-13-11-20(25)12-14-21/h2-14,16,22,27H,15H2,1H3,(H,26,28). The number of carbonyl (C=O) groups is 1. The molecule has 0 spiro atoms. The third-order valence-corrected chi connectivity index (χ3v) is 6.49. The second-order valence-electron chi connectivity index (χ2n) is 7.10. The SMILES string of the molecule is CC(NC(=O)C(Cc1ccccc1)NS(=O)(=O)c1ccc(F)cc1)c1ccc(Cl)cc1. The zero-order valence-corrected chi connectivity index (χ0v) is 18.3. The average Bonchev–Trinajstić information content (AvgIpc) is 2.74. The zero-order chi connectivity index (χ0) is 22.4. The van der Waals surface area contributed by atoms with Crippen LogP contribution in [0.5, 0.6) is 0 Å². The van der Waals surface area contributed by atoms with Crippen molar-refractivity contribution in [2.75, 3.05) is 0 Å². The molecule has 3 rings (SSSR count). The van der Waals surface area contributed by atoms with Crippen LogP contribution in [0, 0.1) is 5.82 Å². The van der Waals surface area contributed by atoms with Gasteiger partial charge in [0.05, 0.1) is 10.9 Å². The molecule has 0 aliphatic heterocycles. The Hall–Kier alpha value is -2.74. The third-order valence-electron chi connectivity index (χ3n) is 4.75. The molecule has 0 aliphatic rings. The lowest BCUT2D eigenvalue weighted by Crippen LogP contribution is -2.48. The molecule has 2 unspecified atom stereocenters. The minimum Gasteiger partial charge on any atom is -0.348 e. The van der Waals surface area contributed by atoms with Crippen molar-refractivity contribution in [1.82, 2.24) is 10.0 Å². The molecule has 0 aromatic heterocycles. The molecule has 5 nitrogen and oxygen atoms in total. The maximum Gasteiger partial charge on any atom is 0.241 e. The lowest BCUT2D eigenvalue weighted by atomic mass is 10.0. The van der Waals surface area contributed by atoms with E-state index in [0.29, 0.717) is 5.02 Å². The largest absolute Gasteiger partial charge is 0.348 e. The molecule has 3 aromatic rings. The van der Waals surface area contributed by atoms with Crippen molar-refractivity contribution >= 4 is 27.5 Å². The van der Waals surface area contributed by atoms with Gasteiger partial charge in [-0.25, -0.2) is 12.8 Å². The van der Waals surface area contributed by atoms with Gasteiger partial charge in [0.1, 0.15) is 11.9 Å². The number of sulfonamides is 1. The van der Waals surface area contributed by atoms with Gasteiger partial charge in [-0.15, -0.1) is 0 Å². The van der Waals surface area contributed by atoms with Gasteiger partial charge in [0.25, 0.3) is 0 Å². The number of amides is 1. The van der Waals surface area contributed by atoms with E-state index >= 15 is 0 Å². The van der Waals surface area contributed by atoms with Crippen molar-refractivity contribution in [1.29, 1.82) is 0 Å². The summed E-state index contributed by atoms with van der Waals surface area (Å²) in [5.74, 6) is -1.02. The predicted molar refractivity (Wildman–Crippen MR) is 119 cm³/mol. The predicted octanol–water partition coefficient (Wildman–Crippen LogP) is 4.25. The topological polar surface area (TPSA) is 75.3 Å². The summed E-state index contributed by atoms with van der Waals surface area (Å²) >= 11 is 5.92. The lowest BCUT2D eigenvalue weighted by molar-refractivity contribution is -0.123. The summed E-state index contributed by atoms with van der Waals surface area (Å²) in [7, 11) is -4.04. The molecular formula is C23H22ClFN2O3S. The normalized spacial score (nSPS) is 13.4. The van der Waals surface area contributed by atoms with Crippen LogP contribution in [0.4, 0.5) is 4.39 Å². The summed E-state index contributed by atoms with van der Waals surface area (Å²) in [4.78, 5) is 12.9. The van der Waals surface area contributed by atoms with Crippen molar-refractivity contribution in [2.24, 2.45) is 0 Å². The van der Waals surface area contributed by atoms with E-state index in [1.54, 1.807) is 31.2 Å². The number of carbonyl (C=O) groups excluding carboxylic acids is 1. The minimum atomic E-state index is -4.04. The highest BCUT2D eigenvalue weighted by Gasteiger charge is 2.27. The van der Waals surface area contributed by atoms with Gasteiger partial charge in [0.2, 0.25) is 15.9 Å². The van der Waals surface area contributed by atoms with E-state index in [0.717, 1.165) is 35.4 Å². The Labute approximate surface area is 186 Å². The third kappa shape index (κ3) is 6.37. The molecule has 0 saturated heterocycles. The van der Waals surface area contributed by atoms with Crippen LogP contribution in [0.15, 0.2) is 83.8 Å². The Morgan fingerprint density at radius 2 is 1.58 bits per heavy atom. The van der Waals surface area contributed by atoms with Crippen LogP contribution in [-0.4, -0.2) is 20.4 Å². The summed E-state index contributed by atoms with van der Waals surface area (Å²) in [5.41, 5.74) is 1.63. The average molecular weight is 461 g/mol. The van der Waals surface area contributed by atoms with Crippen LogP contribution in [0.3, 0.4) is 0 Å². The molecular weight excluding hydrogens is 439 g/mol. The summed E-state index contributed by atoms with van der Waals surface area (Å²) in [6, 6.07) is 19.1. The molecule has 3 aromatic carbocycles. The lowest BCUT2D eigenvalue weighted by Gasteiger charge is -2.22. The van der Waals surface area contributed by atoms with Crippen LogP contribution in [0.2, 0.25) is 5.02 Å². The van der Waals surface area contributed by atoms with Gasteiger partial charge >= 0.3 is 0 Å². The molecule has 0 aliphatic carbocycles. The first-order valence-corrected chi connectivity index (χ1v) is 11.5. The van der Waals surface area contributed by atoms with Crippen LogP contribution in [0.1, 0.15) is 24.1 Å². The molecule has 162 valence electrons. The van der Waals surface area contributed by atoms with E-state index in [1.807, 2.05) is 30.3 Å². The Morgan fingerprint density at radius 3 is 2.19 bits per heavy atom. The zero-order valence-electron chi connectivity index (χ0n) is 16.8. The van der Waals surface area contributed by atoms with E-state index < -0.39 is 27.8 Å². The van der Waals surface area contributed by atoms with E-state index in [2.05, 4.69) is 10.0 Å². The number of rotatable bonds is 8. The molecule has 0 radical (unpaired) electrons. The van der Waals surface area contributed by atoms with Gasteiger partial charge in [-0.3, -0.25) is 4.79 Å². The van der Waals surface area contributed by atoms with Crippen molar-refractivity contribution in [3.63, 3.8) is 0 Å². The summed E-state index contributed by atoms with van der Waals surface area (Å²) in [5, 5.41) is 3.43. The first-order valence-electron chi connectivity index (χ1n) is 9.62. The van der Waals surface area contributed by atoms with Crippen LogP contribution >= 0.6 is 11.6 Å². The maximum absolute atomic E-state index is 13.2. The minimum absolute atomic E-state index is 0.120. The van der Waals surface area contributed by atoms with Crippen LogP contribution in [0.25, 0.3) is 0 Å². The Bertz CT molecular complexity index is 1120. The molecule has 0 fully saturated rings. The highest BCUT2D eigenvalue weighted by atomic mass is 35.5. The summed E-state index contributed by atoms with van der Waals surface area (Å²) in [6.45, 7) is 1.80. The first-order chi connectivity index (χ1) is 14.7. The molecule has 2 N–H and O–H groups in total. The second kappa shape index (κ2) is 10.0. The number of benzene rings is 3. The highest BCUT2D eigenvalue weighted by Crippen LogP contribution is 2.17. The maximum atomic E-state index is 13.2. The molecule has 2 atom stereocenters. The number of hydrogen-bond acceptors (Lipinski definition) is 3. The van der Waals surface area contributed by atoms with Crippen molar-refractivity contribution in [3.8, 4) is 0 Å². The van der Waals surface area contributed by atoms with Crippen molar-refractivity contribution < 1.29 is 17.6 Å².